The third-order valence-corrected chi connectivity index (χ3v) is 4.71. The summed E-state index contributed by atoms with van der Waals surface area (Å²) in [7, 11) is 0. The molecule has 0 unspecified atom stereocenters. The standard InChI is InChI=1S/C23H40N2O7/c1-5-7-8-9-10-11-12-13-14-15-24-22(29)32-18-23(16-30-19(3)26,17-31-20(4)27)25-21(28)6-2/h6H,2,5,7-18H2,1,3-4H3,(H,24,29)(H,25,28). The number of hydrogen-bond donors (Lipinski definition) is 2. The molecular formula is C23H40N2O7. The Morgan fingerprint density at radius 1 is 0.781 bits per heavy atom. The molecule has 0 aliphatic heterocycles. The van der Waals surface area contributed by atoms with Crippen LogP contribution in [0.3, 0.4) is 0 Å². The molecule has 0 saturated heterocycles. The van der Waals surface area contributed by atoms with Crippen molar-refractivity contribution in [1.29, 1.82) is 0 Å². The first-order valence-electron chi connectivity index (χ1n) is 11.4. The first-order valence-corrected chi connectivity index (χ1v) is 11.4. The fraction of sp³-hybridized carbons (Fsp3) is 0.739. The van der Waals surface area contributed by atoms with Gasteiger partial charge in [0.05, 0.1) is 0 Å². The van der Waals surface area contributed by atoms with Crippen molar-refractivity contribution in [3.8, 4) is 0 Å². The summed E-state index contributed by atoms with van der Waals surface area (Å²) in [6.45, 7) is 7.38. The van der Waals surface area contributed by atoms with Crippen LogP contribution in [0.1, 0.15) is 78.6 Å². The minimum Gasteiger partial charge on any atom is -0.463 e. The molecule has 0 aliphatic carbocycles. The molecule has 9 nitrogen and oxygen atoms in total. The molecule has 0 aromatic heterocycles. The second kappa shape index (κ2) is 18.0. The zero-order valence-corrected chi connectivity index (χ0v) is 19.8. The highest BCUT2D eigenvalue weighted by molar-refractivity contribution is 5.87. The van der Waals surface area contributed by atoms with E-state index in [1.54, 1.807) is 0 Å². The Bertz CT molecular complexity index is 575. The Kier molecular flexibility index (Phi) is 16.6. The zero-order valence-electron chi connectivity index (χ0n) is 19.8. The molecule has 0 fully saturated rings. The first kappa shape index (κ1) is 29.4. The van der Waals surface area contributed by atoms with Gasteiger partial charge in [-0.25, -0.2) is 4.79 Å². The minimum absolute atomic E-state index is 0.346. The molecular weight excluding hydrogens is 416 g/mol. The van der Waals surface area contributed by atoms with Gasteiger partial charge in [-0.1, -0.05) is 64.9 Å². The van der Waals surface area contributed by atoms with E-state index in [0.29, 0.717) is 6.54 Å². The molecule has 0 atom stereocenters. The summed E-state index contributed by atoms with van der Waals surface area (Å²) in [6, 6.07) is 0. The maximum absolute atomic E-state index is 12.1. The molecule has 0 spiro atoms. The summed E-state index contributed by atoms with van der Waals surface area (Å²) >= 11 is 0. The number of ether oxygens (including phenoxy) is 3. The number of hydrogen-bond acceptors (Lipinski definition) is 7. The highest BCUT2D eigenvalue weighted by Crippen LogP contribution is 2.11. The lowest BCUT2D eigenvalue weighted by Crippen LogP contribution is -2.59. The summed E-state index contributed by atoms with van der Waals surface area (Å²) in [5.74, 6) is -1.79. The Morgan fingerprint density at radius 3 is 1.72 bits per heavy atom. The Labute approximate surface area is 191 Å². The molecule has 0 radical (unpaired) electrons. The summed E-state index contributed by atoms with van der Waals surface area (Å²) in [5, 5.41) is 5.20. The SMILES string of the molecule is C=CC(=O)NC(COC(C)=O)(COC(C)=O)COC(=O)NCCCCCCCCCCC. The number of carbonyl (C=O) groups is 4. The van der Waals surface area contributed by atoms with Crippen LogP contribution < -0.4 is 10.6 Å². The van der Waals surface area contributed by atoms with Gasteiger partial charge in [0, 0.05) is 20.4 Å². The summed E-state index contributed by atoms with van der Waals surface area (Å²) in [6.07, 6.45) is 10.9. The lowest BCUT2D eigenvalue weighted by molar-refractivity contribution is -0.151. The summed E-state index contributed by atoms with van der Waals surface area (Å²) in [4.78, 5) is 46.4. The Balaban J connectivity index is 4.48. The van der Waals surface area contributed by atoms with Crippen molar-refractivity contribution in [1.82, 2.24) is 10.6 Å². The smallest absolute Gasteiger partial charge is 0.407 e. The van der Waals surface area contributed by atoms with Crippen LogP contribution in [0, 0.1) is 0 Å². The molecule has 2 amide bonds. The minimum atomic E-state index is -1.43. The van der Waals surface area contributed by atoms with Gasteiger partial charge in [0.2, 0.25) is 5.91 Å². The molecule has 0 bridgehead atoms. The number of unbranched alkanes of at least 4 members (excludes halogenated alkanes) is 8. The Hall–Kier alpha value is -2.58. The van der Waals surface area contributed by atoms with E-state index in [4.69, 9.17) is 14.2 Å². The van der Waals surface area contributed by atoms with Gasteiger partial charge in [-0.15, -0.1) is 0 Å². The van der Waals surface area contributed by atoms with E-state index in [0.717, 1.165) is 25.3 Å². The predicted octanol–water partition coefficient (Wildman–Crippen LogP) is 3.41. The molecule has 0 heterocycles. The normalized spacial score (nSPS) is 10.7. The van der Waals surface area contributed by atoms with Gasteiger partial charge in [0.1, 0.15) is 25.4 Å². The van der Waals surface area contributed by atoms with E-state index in [-0.39, 0.29) is 19.8 Å². The number of alkyl carbamates (subject to hydrolysis) is 1. The van der Waals surface area contributed by atoms with E-state index in [1.807, 2.05) is 0 Å². The highest BCUT2D eigenvalue weighted by Gasteiger charge is 2.36. The van der Waals surface area contributed by atoms with Crippen LogP contribution in [0.5, 0.6) is 0 Å². The van der Waals surface area contributed by atoms with Crippen molar-refractivity contribution < 1.29 is 33.4 Å². The van der Waals surface area contributed by atoms with Gasteiger partial charge in [-0.05, 0) is 12.5 Å². The van der Waals surface area contributed by atoms with Crippen molar-refractivity contribution >= 4 is 23.9 Å². The van der Waals surface area contributed by atoms with Crippen LogP contribution in [-0.2, 0) is 28.6 Å². The van der Waals surface area contributed by atoms with E-state index < -0.39 is 29.5 Å². The van der Waals surface area contributed by atoms with Crippen LogP contribution in [0.4, 0.5) is 4.79 Å². The first-order chi connectivity index (χ1) is 15.2. The fourth-order valence-electron chi connectivity index (χ4n) is 2.91. The molecule has 184 valence electrons. The van der Waals surface area contributed by atoms with E-state index in [2.05, 4.69) is 24.1 Å². The Morgan fingerprint density at radius 2 is 1.25 bits per heavy atom. The van der Waals surface area contributed by atoms with Gasteiger partial charge in [-0.3, -0.25) is 14.4 Å². The quantitative estimate of drug-likeness (QED) is 0.140. The van der Waals surface area contributed by atoms with E-state index in [1.165, 1.54) is 52.4 Å². The van der Waals surface area contributed by atoms with Gasteiger partial charge in [-0.2, -0.15) is 0 Å². The summed E-state index contributed by atoms with van der Waals surface area (Å²) in [5.41, 5.74) is -1.43. The zero-order chi connectivity index (χ0) is 24.2. The number of nitrogens with one attached hydrogen (secondary N) is 2. The molecule has 0 aromatic carbocycles. The third kappa shape index (κ3) is 16.2. The molecule has 2 N–H and O–H groups in total. The molecule has 32 heavy (non-hydrogen) atoms. The van der Waals surface area contributed by atoms with E-state index >= 15 is 0 Å². The average molecular weight is 457 g/mol. The highest BCUT2D eigenvalue weighted by atomic mass is 16.6. The van der Waals surface area contributed by atoms with Crippen LogP contribution >= 0.6 is 0 Å². The van der Waals surface area contributed by atoms with Gasteiger partial charge >= 0.3 is 18.0 Å². The second-order valence-electron chi connectivity index (χ2n) is 7.87. The maximum Gasteiger partial charge on any atom is 0.407 e. The van der Waals surface area contributed by atoms with Crippen LogP contribution in [-0.4, -0.2) is 55.8 Å². The van der Waals surface area contributed by atoms with Gasteiger partial charge in [0.15, 0.2) is 0 Å². The molecule has 0 saturated carbocycles. The van der Waals surface area contributed by atoms with Gasteiger partial charge < -0.3 is 24.8 Å². The number of rotatable bonds is 18. The van der Waals surface area contributed by atoms with Crippen molar-refractivity contribution in [2.24, 2.45) is 0 Å². The molecule has 0 aromatic rings. The number of carbonyl (C=O) groups excluding carboxylic acids is 4. The lowest BCUT2D eigenvalue weighted by atomic mass is 10.0. The van der Waals surface area contributed by atoms with Crippen molar-refractivity contribution in [2.75, 3.05) is 26.4 Å². The van der Waals surface area contributed by atoms with Crippen molar-refractivity contribution in [3.05, 3.63) is 12.7 Å². The van der Waals surface area contributed by atoms with E-state index in [9.17, 15) is 19.2 Å². The van der Waals surface area contributed by atoms with Gasteiger partial charge in [0.25, 0.3) is 0 Å². The third-order valence-electron chi connectivity index (χ3n) is 4.71. The fourth-order valence-corrected chi connectivity index (χ4v) is 2.91. The maximum atomic E-state index is 12.1. The molecule has 9 heteroatoms. The second-order valence-corrected chi connectivity index (χ2v) is 7.87. The van der Waals surface area contributed by atoms with Crippen LogP contribution in [0.15, 0.2) is 12.7 Å². The summed E-state index contributed by atoms with van der Waals surface area (Å²) < 4.78 is 15.2. The topological polar surface area (TPSA) is 120 Å². The monoisotopic (exact) mass is 456 g/mol. The predicted molar refractivity (Wildman–Crippen MR) is 121 cm³/mol. The lowest BCUT2D eigenvalue weighted by Gasteiger charge is -2.32. The van der Waals surface area contributed by atoms with Crippen LogP contribution in [0.25, 0.3) is 0 Å². The van der Waals surface area contributed by atoms with Crippen LogP contribution in [0.2, 0.25) is 0 Å². The van der Waals surface area contributed by atoms with Crippen molar-refractivity contribution in [3.63, 3.8) is 0 Å². The molecule has 0 aliphatic rings. The van der Waals surface area contributed by atoms with Crippen molar-refractivity contribution in [2.45, 2.75) is 84.1 Å². The molecule has 0 rings (SSSR count). The average Bonchev–Trinajstić information content (AvgIpc) is 2.75. The number of esters is 2. The number of amides is 2. The largest absolute Gasteiger partial charge is 0.463 e.